The molecule has 0 spiro atoms. The number of rotatable bonds is 0. The van der Waals surface area contributed by atoms with Crippen molar-refractivity contribution in [3.05, 3.63) is 0 Å². The maximum Gasteiger partial charge on any atom is 0.410 e. The summed E-state index contributed by atoms with van der Waals surface area (Å²) in [4.78, 5) is 13.7. The van der Waals surface area contributed by atoms with E-state index in [9.17, 15) is 4.79 Å². The number of nitrogens with zero attached hydrogens (tertiary/aromatic N) is 1. The van der Waals surface area contributed by atoms with Crippen LogP contribution in [0.25, 0.3) is 0 Å². The number of piperidine rings is 1. The monoisotopic (exact) mass is 227 g/mol. The molecule has 0 aliphatic carbocycles. The summed E-state index contributed by atoms with van der Waals surface area (Å²) in [6.45, 7) is 10.5. The van der Waals surface area contributed by atoms with Crippen molar-refractivity contribution in [2.75, 3.05) is 6.54 Å². The van der Waals surface area contributed by atoms with E-state index in [0.29, 0.717) is 6.54 Å². The van der Waals surface area contributed by atoms with Crippen molar-refractivity contribution in [1.82, 2.24) is 4.90 Å². The molecule has 2 aliphatic rings. The Morgan fingerprint density at radius 2 is 2.12 bits per heavy atom. The number of amides is 1. The first-order valence-corrected chi connectivity index (χ1v) is 5.89. The van der Waals surface area contributed by atoms with Crippen molar-refractivity contribution in [2.24, 2.45) is 0 Å². The molecule has 16 heavy (non-hydrogen) atoms. The van der Waals surface area contributed by atoms with Crippen LogP contribution in [0.2, 0.25) is 0 Å². The molecule has 0 saturated carbocycles. The summed E-state index contributed by atoms with van der Waals surface area (Å²) in [7, 11) is 0. The second-order valence-electron chi connectivity index (χ2n) is 6.11. The second kappa shape index (κ2) is 3.36. The van der Waals surface area contributed by atoms with E-state index in [0.717, 1.165) is 6.42 Å². The van der Waals surface area contributed by atoms with Gasteiger partial charge < -0.3 is 14.4 Å². The second-order valence-corrected chi connectivity index (χ2v) is 6.11. The minimum Gasteiger partial charge on any atom is -0.444 e. The van der Waals surface area contributed by atoms with Crippen molar-refractivity contribution in [2.45, 2.75) is 64.4 Å². The molecule has 0 unspecified atom stereocenters. The minimum absolute atomic E-state index is 0.0118. The molecule has 0 aromatic rings. The lowest BCUT2D eigenvalue weighted by Gasteiger charge is -2.35. The van der Waals surface area contributed by atoms with E-state index in [1.165, 1.54) is 0 Å². The highest BCUT2D eigenvalue weighted by Crippen LogP contribution is 2.45. The zero-order valence-corrected chi connectivity index (χ0v) is 10.7. The van der Waals surface area contributed by atoms with Gasteiger partial charge in [-0.25, -0.2) is 4.79 Å². The Hall–Kier alpha value is -0.770. The molecule has 2 aliphatic heterocycles. The fourth-order valence-corrected chi connectivity index (χ4v) is 2.33. The first-order valence-electron chi connectivity index (χ1n) is 5.89. The quantitative estimate of drug-likeness (QED) is 0.596. The topological polar surface area (TPSA) is 42.1 Å². The normalized spacial score (nSPS) is 37.9. The van der Waals surface area contributed by atoms with Crippen molar-refractivity contribution in [1.29, 1.82) is 0 Å². The minimum atomic E-state index is -0.429. The van der Waals surface area contributed by atoms with Gasteiger partial charge in [-0.3, -0.25) is 0 Å². The van der Waals surface area contributed by atoms with E-state index in [2.05, 4.69) is 6.92 Å². The first kappa shape index (κ1) is 11.7. The first-order chi connectivity index (χ1) is 7.21. The van der Waals surface area contributed by atoms with Crippen molar-refractivity contribution >= 4 is 6.09 Å². The van der Waals surface area contributed by atoms with E-state index in [-0.39, 0.29) is 23.8 Å². The molecule has 2 fully saturated rings. The van der Waals surface area contributed by atoms with Crippen molar-refractivity contribution in [3.8, 4) is 0 Å². The Kier molecular flexibility index (Phi) is 2.46. The summed E-state index contributed by atoms with van der Waals surface area (Å²) >= 11 is 0. The Bertz CT molecular complexity index is 310. The summed E-state index contributed by atoms with van der Waals surface area (Å²) in [5, 5.41) is 0. The fraction of sp³-hybridized carbons (Fsp3) is 0.917. The third-order valence-electron chi connectivity index (χ3n) is 3.26. The van der Waals surface area contributed by atoms with Gasteiger partial charge in [0.2, 0.25) is 0 Å². The zero-order chi connectivity index (χ0) is 12.1. The molecule has 0 radical (unpaired) electrons. The standard InChI is InChI=1S/C12H21NO3/c1-8-6-12(5)9(15-12)7-13(8)10(14)16-11(2,3)4/h8-9H,6-7H2,1-5H3/t8-,9+,12+/m1/s1. The van der Waals surface area contributed by atoms with Gasteiger partial charge in [0.25, 0.3) is 0 Å². The zero-order valence-electron chi connectivity index (χ0n) is 10.7. The molecule has 2 saturated heterocycles. The van der Waals surface area contributed by atoms with Gasteiger partial charge >= 0.3 is 6.09 Å². The molecule has 0 aromatic heterocycles. The highest BCUT2D eigenvalue weighted by atomic mass is 16.6. The number of epoxide rings is 1. The third-order valence-corrected chi connectivity index (χ3v) is 3.26. The van der Waals surface area contributed by atoms with E-state index in [4.69, 9.17) is 9.47 Å². The maximum absolute atomic E-state index is 11.9. The number of ether oxygens (including phenoxy) is 2. The molecule has 2 rings (SSSR count). The Labute approximate surface area is 96.9 Å². The molecular weight excluding hydrogens is 206 g/mol. The Morgan fingerprint density at radius 3 is 2.69 bits per heavy atom. The summed E-state index contributed by atoms with van der Waals surface area (Å²) < 4.78 is 11.0. The van der Waals surface area contributed by atoms with Gasteiger partial charge in [0.1, 0.15) is 11.7 Å². The third kappa shape index (κ3) is 2.17. The lowest BCUT2D eigenvalue weighted by Crippen LogP contribution is -2.49. The molecule has 3 atom stereocenters. The summed E-state index contributed by atoms with van der Waals surface area (Å²) in [5.74, 6) is 0. The summed E-state index contributed by atoms with van der Waals surface area (Å²) in [6.07, 6.45) is 0.880. The lowest BCUT2D eigenvalue weighted by molar-refractivity contribution is 0.0127. The smallest absolute Gasteiger partial charge is 0.410 e. The van der Waals surface area contributed by atoms with E-state index in [1.54, 1.807) is 4.90 Å². The molecule has 4 heteroatoms. The van der Waals surface area contributed by atoms with Gasteiger partial charge in [0.05, 0.1) is 12.1 Å². The van der Waals surface area contributed by atoms with Crippen LogP contribution >= 0.6 is 0 Å². The molecular formula is C12H21NO3. The van der Waals surface area contributed by atoms with Crippen molar-refractivity contribution < 1.29 is 14.3 Å². The van der Waals surface area contributed by atoms with Crippen LogP contribution in [0.5, 0.6) is 0 Å². The summed E-state index contributed by atoms with van der Waals surface area (Å²) in [5.41, 5.74) is -0.417. The van der Waals surface area contributed by atoms with E-state index < -0.39 is 5.60 Å². The highest BCUT2D eigenvalue weighted by Gasteiger charge is 2.58. The molecule has 92 valence electrons. The lowest BCUT2D eigenvalue weighted by atomic mass is 9.93. The van der Waals surface area contributed by atoms with Gasteiger partial charge in [-0.05, 0) is 41.0 Å². The molecule has 0 N–H and O–H groups in total. The van der Waals surface area contributed by atoms with Crippen LogP contribution < -0.4 is 0 Å². The highest BCUT2D eigenvalue weighted by molar-refractivity contribution is 5.69. The SMILES string of the molecule is C[C@@H]1C[C@]2(C)O[C@H]2CN1C(=O)OC(C)(C)C. The van der Waals surface area contributed by atoms with Gasteiger partial charge in [-0.1, -0.05) is 0 Å². The number of fused-ring (bicyclic) bond motifs is 1. The number of hydrogen-bond acceptors (Lipinski definition) is 3. The average molecular weight is 227 g/mol. The van der Waals surface area contributed by atoms with E-state index >= 15 is 0 Å². The van der Waals surface area contributed by atoms with Gasteiger partial charge in [0, 0.05) is 6.04 Å². The van der Waals surface area contributed by atoms with Gasteiger partial charge in [-0.15, -0.1) is 0 Å². The predicted molar refractivity (Wildman–Crippen MR) is 60.3 cm³/mol. The number of likely N-dealkylation sites (tertiary alicyclic amines) is 1. The number of carbonyl (C=O) groups excluding carboxylic acids is 1. The summed E-state index contributed by atoms with van der Waals surface area (Å²) in [6, 6.07) is 0.193. The van der Waals surface area contributed by atoms with Crippen LogP contribution in [-0.4, -0.2) is 40.9 Å². The van der Waals surface area contributed by atoms with Crippen LogP contribution in [0, 0.1) is 0 Å². The average Bonchev–Trinajstić information content (AvgIpc) is 2.69. The van der Waals surface area contributed by atoms with E-state index in [1.807, 2.05) is 27.7 Å². The maximum atomic E-state index is 11.9. The molecule has 0 bridgehead atoms. The Morgan fingerprint density at radius 1 is 1.50 bits per heavy atom. The number of carbonyl (C=O) groups is 1. The van der Waals surface area contributed by atoms with Gasteiger partial charge in [0.15, 0.2) is 0 Å². The molecule has 0 aromatic carbocycles. The van der Waals surface area contributed by atoms with Crippen LogP contribution in [0.1, 0.15) is 41.0 Å². The Balaban J connectivity index is 1.97. The molecule has 2 heterocycles. The largest absolute Gasteiger partial charge is 0.444 e. The predicted octanol–water partition coefficient (Wildman–Crippen LogP) is 2.17. The van der Waals surface area contributed by atoms with Crippen LogP contribution in [0.4, 0.5) is 4.79 Å². The van der Waals surface area contributed by atoms with Crippen LogP contribution in [-0.2, 0) is 9.47 Å². The molecule has 4 nitrogen and oxygen atoms in total. The van der Waals surface area contributed by atoms with Gasteiger partial charge in [-0.2, -0.15) is 0 Å². The van der Waals surface area contributed by atoms with Crippen molar-refractivity contribution in [3.63, 3.8) is 0 Å². The fourth-order valence-electron chi connectivity index (χ4n) is 2.33. The van der Waals surface area contributed by atoms with Crippen LogP contribution in [0.3, 0.4) is 0 Å². The molecule has 1 amide bonds. The van der Waals surface area contributed by atoms with Crippen LogP contribution in [0.15, 0.2) is 0 Å². The number of hydrogen-bond donors (Lipinski definition) is 0.